The van der Waals surface area contributed by atoms with Gasteiger partial charge in [-0.25, -0.2) is 0 Å². The molecule has 35 heavy (non-hydrogen) atoms. The van der Waals surface area contributed by atoms with E-state index in [0.29, 0.717) is 38.1 Å². The number of methoxy groups -OCH3 is 2. The lowest BCUT2D eigenvalue weighted by atomic mass is 10.0. The van der Waals surface area contributed by atoms with Crippen LogP contribution in [0.4, 0.5) is 0 Å². The van der Waals surface area contributed by atoms with Crippen LogP contribution in [0.3, 0.4) is 0 Å². The van der Waals surface area contributed by atoms with Crippen molar-refractivity contribution in [1.29, 1.82) is 0 Å². The predicted molar refractivity (Wildman–Crippen MR) is 136 cm³/mol. The molecule has 4 rings (SSSR count). The fraction of sp³-hybridized carbons (Fsp3) is 0.500. The van der Waals surface area contributed by atoms with Gasteiger partial charge in [-0.1, -0.05) is 36.4 Å². The fourth-order valence-corrected chi connectivity index (χ4v) is 5.31. The summed E-state index contributed by atoms with van der Waals surface area (Å²) in [6.45, 7) is 2.00. The summed E-state index contributed by atoms with van der Waals surface area (Å²) in [4.78, 5) is 28.0. The Bertz CT molecular complexity index is 1010. The number of hydrogen-bond donors (Lipinski definition) is 2. The van der Waals surface area contributed by atoms with E-state index in [4.69, 9.17) is 9.47 Å². The van der Waals surface area contributed by atoms with E-state index in [1.807, 2.05) is 24.3 Å². The molecule has 2 aromatic carbocycles. The monoisotopic (exact) mass is 479 g/mol. The second-order valence-electron chi connectivity index (χ2n) is 9.50. The largest absolute Gasteiger partial charge is 0.493 e. The van der Waals surface area contributed by atoms with Crippen LogP contribution >= 0.6 is 0 Å². The molecule has 4 bridgehead atoms. The molecule has 0 aromatic heterocycles. The second-order valence-corrected chi connectivity index (χ2v) is 9.50. The lowest BCUT2D eigenvalue weighted by Crippen LogP contribution is -2.44. The molecule has 2 heterocycles. The highest BCUT2D eigenvalue weighted by molar-refractivity contribution is 5.77. The number of hydrogen-bond acceptors (Lipinski definition) is 5. The maximum absolute atomic E-state index is 12.8. The van der Waals surface area contributed by atoms with Gasteiger partial charge < -0.3 is 20.1 Å². The van der Waals surface area contributed by atoms with Crippen LogP contribution in [0.2, 0.25) is 0 Å². The normalized spacial score (nSPS) is 22.1. The van der Waals surface area contributed by atoms with Gasteiger partial charge in [-0.2, -0.15) is 0 Å². The van der Waals surface area contributed by atoms with Crippen molar-refractivity contribution < 1.29 is 19.1 Å². The topological polar surface area (TPSA) is 79.9 Å². The van der Waals surface area contributed by atoms with Crippen LogP contribution in [-0.4, -0.2) is 56.1 Å². The first-order valence-corrected chi connectivity index (χ1v) is 12.6. The van der Waals surface area contributed by atoms with Gasteiger partial charge in [0.1, 0.15) is 0 Å². The first-order chi connectivity index (χ1) is 17.1. The van der Waals surface area contributed by atoms with Crippen LogP contribution in [0.25, 0.3) is 0 Å². The molecule has 0 unspecified atom stereocenters. The van der Waals surface area contributed by atoms with Gasteiger partial charge in [0.05, 0.1) is 14.2 Å². The Balaban J connectivity index is 1.51. The average Bonchev–Trinajstić information content (AvgIpc) is 3.24. The van der Waals surface area contributed by atoms with Gasteiger partial charge in [0.25, 0.3) is 0 Å². The fourth-order valence-electron chi connectivity index (χ4n) is 5.31. The molecule has 0 radical (unpaired) electrons. The predicted octanol–water partition coefficient (Wildman–Crippen LogP) is 3.24. The van der Waals surface area contributed by atoms with Crippen LogP contribution in [0.15, 0.2) is 42.5 Å². The molecule has 2 amide bonds. The van der Waals surface area contributed by atoms with Crippen LogP contribution in [-0.2, 0) is 29.0 Å². The maximum Gasteiger partial charge on any atom is 0.221 e. The molecular formula is C28H37N3O4. The first-order valence-electron chi connectivity index (χ1n) is 12.6. The second kappa shape index (κ2) is 12.1. The molecule has 7 heteroatoms. The lowest BCUT2D eigenvalue weighted by Gasteiger charge is -2.30. The Morgan fingerprint density at radius 2 is 1.71 bits per heavy atom. The third-order valence-corrected chi connectivity index (χ3v) is 7.14. The van der Waals surface area contributed by atoms with Gasteiger partial charge in [0.2, 0.25) is 11.8 Å². The molecular weight excluding hydrogens is 442 g/mol. The number of benzene rings is 2. The Kier molecular flexibility index (Phi) is 8.64. The van der Waals surface area contributed by atoms with Crippen molar-refractivity contribution in [1.82, 2.24) is 15.5 Å². The van der Waals surface area contributed by atoms with Crippen LogP contribution in [0.1, 0.15) is 48.8 Å². The highest BCUT2D eigenvalue weighted by Crippen LogP contribution is 2.34. The molecule has 1 fully saturated rings. The zero-order chi connectivity index (χ0) is 24.6. The third kappa shape index (κ3) is 6.54. The number of rotatable bonds is 4. The summed E-state index contributed by atoms with van der Waals surface area (Å²) in [5, 5.41) is 6.27. The molecule has 2 aromatic rings. The average molecular weight is 480 g/mol. The molecule has 0 aliphatic carbocycles. The van der Waals surface area contributed by atoms with Crippen LogP contribution < -0.4 is 20.1 Å². The van der Waals surface area contributed by atoms with Gasteiger partial charge in [0, 0.05) is 44.6 Å². The minimum atomic E-state index is 0.0477. The minimum absolute atomic E-state index is 0.0477. The quantitative estimate of drug-likeness (QED) is 0.704. The van der Waals surface area contributed by atoms with E-state index in [1.54, 1.807) is 14.2 Å². The number of amides is 2. The van der Waals surface area contributed by atoms with Crippen molar-refractivity contribution in [3.8, 4) is 11.5 Å². The van der Waals surface area contributed by atoms with Gasteiger partial charge in [-0.3, -0.25) is 14.5 Å². The van der Waals surface area contributed by atoms with Gasteiger partial charge in [-0.15, -0.1) is 0 Å². The number of nitrogens with zero attached hydrogens (tertiary/aromatic N) is 1. The van der Waals surface area contributed by atoms with Gasteiger partial charge in [0.15, 0.2) is 11.5 Å². The van der Waals surface area contributed by atoms with E-state index >= 15 is 0 Å². The Morgan fingerprint density at radius 3 is 2.49 bits per heavy atom. The summed E-state index contributed by atoms with van der Waals surface area (Å²) >= 11 is 0. The summed E-state index contributed by atoms with van der Waals surface area (Å²) in [5.41, 5.74) is 3.31. The minimum Gasteiger partial charge on any atom is -0.493 e. The number of fused-ring (bicyclic) bond motifs is 4. The Labute approximate surface area is 208 Å². The van der Waals surface area contributed by atoms with E-state index in [0.717, 1.165) is 49.1 Å². The molecule has 7 nitrogen and oxygen atoms in total. The summed E-state index contributed by atoms with van der Waals surface area (Å²) in [6, 6.07) is 14.8. The Morgan fingerprint density at radius 1 is 0.914 bits per heavy atom. The maximum atomic E-state index is 12.8. The van der Waals surface area contributed by atoms with Crippen molar-refractivity contribution in [2.75, 3.05) is 27.3 Å². The van der Waals surface area contributed by atoms with Crippen molar-refractivity contribution in [2.24, 2.45) is 0 Å². The number of aryl methyl sites for hydroxylation is 2. The lowest BCUT2D eigenvalue weighted by molar-refractivity contribution is -0.123. The molecule has 2 aliphatic rings. The van der Waals surface area contributed by atoms with E-state index in [-0.39, 0.29) is 23.9 Å². The van der Waals surface area contributed by atoms with Gasteiger partial charge in [-0.05, 0) is 54.9 Å². The van der Waals surface area contributed by atoms with E-state index in [2.05, 4.69) is 33.7 Å². The SMILES string of the molecule is COc1cc2cc(c1OC)CCCNC(=O)C[C@@H]1CC[C@H](CNC(=O)CC2)N1Cc1ccccc1. The first kappa shape index (κ1) is 25.0. The Hall–Kier alpha value is -3.06. The molecule has 0 spiro atoms. The van der Waals surface area contributed by atoms with E-state index in [9.17, 15) is 9.59 Å². The third-order valence-electron chi connectivity index (χ3n) is 7.14. The number of carbonyl (C=O) groups is 2. The van der Waals surface area contributed by atoms with Gasteiger partial charge >= 0.3 is 0 Å². The molecule has 2 N–H and O–H groups in total. The molecule has 1 saturated heterocycles. The smallest absolute Gasteiger partial charge is 0.221 e. The van der Waals surface area contributed by atoms with Crippen molar-refractivity contribution in [2.45, 2.75) is 63.6 Å². The molecule has 188 valence electrons. The summed E-state index contributed by atoms with van der Waals surface area (Å²) in [7, 11) is 3.27. The highest BCUT2D eigenvalue weighted by atomic mass is 16.5. The zero-order valence-corrected chi connectivity index (χ0v) is 20.8. The van der Waals surface area contributed by atoms with E-state index in [1.165, 1.54) is 5.56 Å². The number of ether oxygens (including phenoxy) is 2. The van der Waals surface area contributed by atoms with Crippen LogP contribution in [0, 0.1) is 0 Å². The standard InChI is InChI=1S/C28H37N3O4/c1-34-25-16-21-10-13-26(32)30-18-24-12-11-23(31(24)19-20-7-4-3-5-8-20)17-27(33)29-14-6-9-22(15-21)28(25)35-2/h3-5,7-8,15-16,23-24H,6,9-14,17-19H2,1-2H3,(H,29,33)(H,30,32)/t23-,24+/m0/s1. The van der Waals surface area contributed by atoms with Crippen molar-refractivity contribution in [3.05, 3.63) is 59.2 Å². The molecule has 0 saturated carbocycles. The number of carbonyl (C=O) groups excluding carboxylic acids is 2. The number of nitrogens with one attached hydrogen (secondary N) is 2. The molecule has 2 atom stereocenters. The highest BCUT2D eigenvalue weighted by Gasteiger charge is 2.34. The van der Waals surface area contributed by atoms with E-state index < -0.39 is 0 Å². The zero-order valence-electron chi connectivity index (χ0n) is 20.8. The summed E-state index contributed by atoms with van der Waals surface area (Å²) in [5.74, 6) is 1.53. The van der Waals surface area contributed by atoms with Crippen LogP contribution in [0.5, 0.6) is 11.5 Å². The van der Waals surface area contributed by atoms with Crippen molar-refractivity contribution >= 4 is 11.8 Å². The molecule has 2 aliphatic heterocycles. The summed E-state index contributed by atoms with van der Waals surface area (Å²) in [6.07, 6.45) is 5.03. The summed E-state index contributed by atoms with van der Waals surface area (Å²) < 4.78 is 11.2. The van der Waals surface area contributed by atoms with Crippen molar-refractivity contribution in [3.63, 3.8) is 0 Å².